The highest BCUT2D eigenvalue weighted by molar-refractivity contribution is 9.11. The lowest BCUT2D eigenvalue weighted by molar-refractivity contribution is 0.286. The molecule has 1 aromatic carbocycles. The van der Waals surface area contributed by atoms with E-state index in [9.17, 15) is 5.11 Å². The van der Waals surface area contributed by atoms with E-state index in [1.54, 1.807) is 0 Å². The van der Waals surface area contributed by atoms with E-state index in [-0.39, 0.29) is 6.61 Å². The fourth-order valence-electron chi connectivity index (χ4n) is 1.72. The summed E-state index contributed by atoms with van der Waals surface area (Å²) in [5.41, 5.74) is 4.40. The number of nitrogens with zero attached hydrogens (tertiary/aromatic N) is 1. The first-order valence-corrected chi connectivity index (χ1v) is 6.56. The highest BCUT2D eigenvalue weighted by Crippen LogP contribution is 2.33. The minimum Gasteiger partial charge on any atom is -0.391 e. The Morgan fingerprint density at radius 1 is 1.38 bits per heavy atom. The fourth-order valence-corrected chi connectivity index (χ4v) is 3.14. The summed E-state index contributed by atoms with van der Waals surface area (Å²) >= 11 is 4.83. The van der Waals surface area contributed by atoms with Crippen molar-refractivity contribution in [3.05, 3.63) is 38.1 Å². The van der Waals surface area contributed by atoms with Gasteiger partial charge in [-0.05, 0) is 35.3 Å². The van der Waals surface area contributed by atoms with Gasteiger partial charge >= 0.3 is 0 Å². The molecule has 0 radical (unpaired) electrons. The van der Waals surface area contributed by atoms with Gasteiger partial charge in [-0.3, -0.25) is 0 Å². The monoisotopic (exact) mass is 297 g/mol. The van der Waals surface area contributed by atoms with Gasteiger partial charge in [-0.2, -0.15) is 0 Å². The van der Waals surface area contributed by atoms with E-state index < -0.39 is 0 Å². The predicted molar refractivity (Wildman–Crippen MR) is 70.6 cm³/mol. The van der Waals surface area contributed by atoms with Crippen LogP contribution in [-0.2, 0) is 6.61 Å². The summed E-state index contributed by atoms with van der Waals surface area (Å²) in [5, 5.41) is 9.29. The van der Waals surface area contributed by atoms with E-state index in [1.807, 2.05) is 0 Å². The third-order valence-corrected chi connectivity index (χ3v) is 3.94. The van der Waals surface area contributed by atoms with Crippen molar-refractivity contribution in [2.75, 3.05) is 0 Å². The van der Waals surface area contributed by atoms with Gasteiger partial charge in [0.2, 0.25) is 0 Å². The summed E-state index contributed by atoms with van der Waals surface area (Å²) in [6.45, 7) is 4.17. The van der Waals surface area contributed by atoms with Gasteiger partial charge < -0.3 is 5.11 Å². The number of aliphatic hydroxyl groups is 1. The van der Waals surface area contributed by atoms with Gasteiger partial charge in [0.25, 0.3) is 0 Å². The largest absolute Gasteiger partial charge is 0.391 e. The molecular formula is C12H12BrNOS. The molecule has 0 aliphatic heterocycles. The van der Waals surface area contributed by atoms with Crippen LogP contribution in [0.4, 0.5) is 0 Å². The maximum atomic E-state index is 9.29. The highest BCUT2D eigenvalue weighted by Gasteiger charge is 2.12. The summed E-state index contributed by atoms with van der Waals surface area (Å²) in [6.07, 6.45) is 0. The minimum atomic E-state index is 0.0336. The average Bonchev–Trinajstić information content (AvgIpc) is 2.59. The van der Waals surface area contributed by atoms with Crippen LogP contribution in [0, 0.1) is 13.8 Å². The van der Waals surface area contributed by atoms with E-state index in [2.05, 4.69) is 53.0 Å². The maximum Gasteiger partial charge on any atom is 0.160 e. The number of hydrogen-bond donors (Lipinski definition) is 1. The third-order valence-electron chi connectivity index (χ3n) is 2.45. The van der Waals surface area contributed by atoms with Crippen LogP contribution in [0.15, 0.2) is 22.1 Å². The number of aryl methyl sites for hydroxylation is 2. The standard InChI is InChI=1S/C12H12BrNOS/c1-7-3-4-9(8(2)5-7)11-10(6-15)16-12(13)14-11/h3-5,15H,6H2,1-2H3. The van der Waals surface area contributed by atoms with Crippen molar-refractivity contribution in [1.29, 1.82) is 0 Å². The summed E-state index contributed by atoms with van der Waals surface area (Å²) in [7, 11) is 0. The molecule has 2 aromatic rings. The molecule has 1 aromatic heterocycles. The van der Waals surface area contributed by atoms with Gasteiger partial charge in [0.05, 0.1) is 17.2 Å². The third kappa shape index (κ3) is 2.19. The van der Waals surface area contributed by atoms with Crippen LogP contribution >= 0.6 is 27.3 Å². The maximum absolute atomic E-state index is 9.29. The smallest absolute Gasteiger partial charge is 0.160 e. The zero-order valence-electron chi connectivity index (χ0n) is 9.12. The molecule has 84 valence electrons. The molecule has 0 atom stereocenters. The van der Waals surface area contributed by atoms with E-state index in [1.165, 1.54) is 22.5 Å². The van der Waals surface area contributed by atoms with Crippen molar-refractivity contribution in [3.8, 4) is 11.3 Å². The van der Waals surface area contributed by atoms with E-state index >= 15 is 0 Å². The fraction of sp³-hybridized carbons (Fsp3) is 0.250. The van der Waals surface area contributed by atoms with Crippen molar-refractivity contribution >= 4 is 27.3 Å². The first kappa shape index (κ1) is 11.8. The topological polar surface area (TPSA) is 33.1 Å². The normalized spacial score (nSPS) is 10.8. The molecule has 0 bridgehead atoms. The van der Waals surface area contributed by atoms with E-state index in [0.717, 1.165) is 20.1 Å². The molecule has 2 nitrogen and oxygen atoms in total. The van der Waals surface area contributed by atoms with Crippen LogP contribution < -0.4 is 0 Å². The number of aromatic nitrogens is 1. The van der Waals surface area contributed by atoms with Crippen LogP contribution in [0.25, 0.3) is 11.3 Å². The second kappa shape index (κ2) is 4.65. The van der Waals surface area contributed by atoms with E-state index in [0.29, 0.717) is 0 Å². The molecule has 2 rings (SSSR count). The lowest BCUT2D eigenvalue weighted by Crippen LogP contribution is -1.89. The predicted octanol–water partition coefficient (Wildman–Crippen LogP) is 3.68. The second-order valence-corrected chi connectivity index (χ2v) is 6.07. The van der Waals surface area contributed by atoms with Crippen LogP contribution in [0.1, 0.15) is 16.0 Å². The Bertz CT molecular complexity index is 522. The van der Waals surface area contributed by atoms with Crippen LogP contribution in [0.5, 0.6) is 0 Å². The summed E-state index contributed by atoms with van der Waals surface area (Å²) in [5.74, 6) is 0. The molecular weight excluding hydrogens is 286 g/mol. The molecule has 0 fully saturated rings. The van der Waals surface area contributed by atoms with Gasteiger partial charge in [-0.25, -0.2) is 4.98 Å². The summed E-state index contributed by atoms with van der Waals surface area (Å²) < 4.78 is 0.812. The molecule has 0 amide bonds. The van der Waals surface area contributed by atoms with E-state index in [4.69, 9.17) is 0 Å². The van der Waals surface area contributed by atoms with Crippen molar-refractivity contribution in [1.82, 2.24) is 4.98 Å². The number of halogens is 1. The molecule has 0 saturated heterocycles. The van der Waals surface area contributed by atoms with Gasteiger partial charge in [-0.15, -0.1) is 11.3 Å². The Morgan fingerprint density at radius 3 is 2.75 bits per heavy atom. The number of rotatable bonds is 2. The van der Waals surface area contributed by atoms with Crippen LogP contribution in [0.3, 0.4) is 0 Å². The van der Waals surface area contributed by atoms with Crippen LogP contribution in [0.2, 0.25) is 0 Å². The van der Waals surface area contributed by atoms with Gasteiger partial charge in [0.1, 0.15) is 0 Å². The Morgan fingerprint density at radius 2 is 2.12 bits per heavy atom. The van der Waals surface area contributed by atoms with Crippen molar-refractivity contribution < 1.29 is 5.11 Å². The molecule has 0 aliphatic carbocycles. The molecule has 1 N–H and O–H groups in total. The minimum absolute atomic E-state index is 0.0336. The molecule has 16 heavy (non-hydrogen) atoms. The number of thiazole rings is 1. The first-order valence-electron chi connectivity index (χ1n) is 4.95. The molecule has 4 heteroatoms. The highest BCUT2D eigenvalue weighted by atomic mass is 79.9. The van der Waals surface area contributed by atoms with Crippen LogP contribution in [-0.4, -0.2) is 10.1 Å². The SMILES string of the molecule is Cc1ccc(-c2nc(Br)sc2CO)c(C)c1. The van der Waals surface area contributed by atoms with Gasteiger partial charge in [0, 0.05) is 5.56 Å². The zero-order valence-corrected chi connectivity index (χ0v) is 11.5. The number of benzene rings is 1. The molecule has 0 aliphatic rings. The van der Waals surface area contributed by atoms with Crippen molar-refractivity contribution in [3.63, 3.8) is 0 Å². The summed E-state index contributed by atoms with van der Waals surface area (Å²) in [6, 6.07) is 6.26. The molecule has 1 heterocycles. The summed E-state index contributed by atoms with van der Waals surface area (Å²) in [4.78, 5) is 5.32. The molecule has 0 unspecified atom stereocenters. The Kier molecular flexibility index (Phi) is 3.42. The number of aliphatic hydroxyl groups excluding tert-OH is 1. The van der Waals surface area contributed by atoms with Gasteiger partial charge in [-0.1, -0.05) is 23.8 Å². The Hall–Kier alpha value is -0.710. The second-order valence-electron chi connectivity index (χ2n) is 3.72. The quantitative estimate of drug-likeness (QED) is 0.917. The molecule has 0 saturated carbocycles. The van der Waals surface area contributed by atoms with Crippen molar-refractivity contribution in [2.24, 2.45) is 0 Å². The first-order chi connectivity index (χ1) is 7.61. The lowest BCUT2D eigenvalue weighted by atomic mass is 10.0. The Balaban J connectivity index is 2.57. The van der Waals surface area contributed by atoms with Gasteiger partial charge in [0.15, 0.2) is 3.92 Å². The Labute approximate surface area is 107 Å². The molecule has 0 spiro atoms. The van der Waals surface area contributed by atoms with Crippen molar-refractivity contribution in [2.45, 2.75) is 20.5 Å². The average molecular weight is 298 g/mol. The lowest BCUT2D eigenvalue weighted by Gasteiger charge is -2.05. The number of hydrogen-bond acceptors (Lipinski definition) is 3. The zero-order chi connectivity index (χ0) is 11.7.